The van der Waals surface area contributed by atoms with Crippen LogP contribution in [0.15, 0.2) is 63.8 Å². The number of hydrogen-bond donors (Lipinski definition) is 2. The number of amides is 1. The zero-order valence-corrected chi connectivity index (χ0v) is 18.4. The molecule has 1 aromatic heterocycles. The minimum Gasteiger partial charge on any atom is -0.326 e. The summed E-state index contributed by atoms with van der Waals surface area (Å²) in [6.45, 7) is 2.78. The van der Waals surface area contributed by atoms with E-state index >= 15 is 0 Å². The molecule has 0 spiro atoms. The Morgan fingerprint density at radius 3 is 2.62 bits per heavy atom. The third kappa shape index (κ3) is 5.60. The van der Waals surface area contributed by atoms with Gasteiger partial charge in [0.1, 0.15) is 5.15 Å². The molecule has 1 aliphatic rings. The molecule has 29 heavy (non-hydrogen) atoms. The Labute approximate surface area is 184 Å². The van der Waals surface area contributed by atoms with Gasteiger partial charge >= 0.3 is 0 Å². The number of aromatic nitrogens is 1. The summed E-state index contributed by atoms with van der Waals surface area (Å²) >= 11 is 9.59. The van der Waals surface area contributed by atoms with Crippen LogP contribution in [0.4, 0.5) is 5.69 Å². The number of benzene rings is 2. The molecule has 1 heterocycles. The highest BCUT2D eigenvalue weighted by Crippen LogP contribution is 2.35. The van der Waals surface area contributed by atoms with Gasteiger partial charge in [-0.2, -0.15) is 0 Å². The predicted octanol–water partition coefficient (Wildman–Crippen LogP) is 6.15. The molecule has 1 fully saturated rings. The number of nitrogens with one attached hydrogen (secondary N) is 2. The van der Waals surface area contributed by atoms with E-state index in [1.54, 1.807) is 23.1 Å². The van der Waals surface area contributed by atoms with Gasteiger partial charge in [0, 0.05) is 29.1 Å². The van der Waals surface area contributed by atoms with Crippen LogP contribution in [-0.2, 0) is 11.3 Å². The second kappa shape index (κ2) is 9.30. The van der Waals surface area contributed by atoms with Crippen molar-refractivity contribution in [2.45, 2.75) is 41.6 Å². The normalized spacial score (nSPS) is 14.6. The second-order valence-corrected chi connectivity index (χ2v) is 9.86. The minimum absolute atomic E-state index is 0.132. The van der Waals surface area contributed by atoms with Crippen molar-refractivity contribution >= 4 is 46.3 Å². The lowest BCUT2D eigenvalue weighted by atomic mass is 10.1. The molecule has 0 aliphatic heterocycles. The van der Waals surface area contributed by atoms with E-state index < -0.39 is 0 Å². The smallest absolute Gasteiger partial charge is 0.227 e. The van der Waals surface area contributed by atoms with Crippen LogP contribution in [0.1, 0.15) is 36.2 Å². The van der Waals surface area contributed by atoms with Gasteiger partial charge in [-0.3, -0.25) is 4.79 Å². The molecule has 0 radical (unpaired) electrons. The van der Waals surface area contributed by atoms with Crippen LogP contribution in [0.5, 0.6) is 0 Å². The maximum Gasteiger partial charge on any atom is 0.227 e. The average molecular weight is 444 g/mol. The number of thiazole rings is 1. The molecule has 1 aliphatic carbocycles. The molecule has 0 saturated heterocycles. The summed E-state index contributed by atoms with van der Waals surface area (Å²) in [4.78, 5) is 18.5. The number of carbonyl (C=O) groups excluding carboxylic acids is 1. The van der Waals surface area contributed by atoms with Crippen molar-refractivity contribution in [3.05, 3.63) is 70.2 Å². The topological polar surface area (TPSA) is 54.0 Å². The molecule has 150 valence electrons. The summed E-state index contributed by atoms with van der Waals surface area (Å²) in [6.07, 6.45) is 2.02. The van der Waals surface area contributed by atoms with Gasteiger partial charge in [0.15, 0.2) is 4.34 Å². The highest BCUT2D eigenvalue weighted by molar-refractivity contribution is 8.01. The third-order valence-electron chi connectivity index (χ3n) is 4.77. The Hall–Kier alpha value is -1.86. The van der Waals surface area contributed by atoms with E-state index in [0.717, 1.165) is 38.2 Å². The van der Waals surface area contributed by atoms with Crippen LogP contribution < -0.4 is 10.6 Å². The number of hydrogen-bond acceptors (Lipinski definition) is 5. The zero-order valence-electron chi connectivity index (χ0n) is 16.0. The zero-order chi connectivity index (χ0) is 20.2. The molecule has 2 aromatic carbocycles. The first-order valence-electron chi connectivity index (χ1n) is 9.61. The molecular weight excluding hydrogens is 422 g/mol. The number of halogens is 1. The Kier molecular flexibility index (Phi) is 6.55. The van der Waals surface area contributed by atoms with Gasteiger partial charge in [0.25, 0.3) is 0 Å². The summed E-state index contributed by atoms with van der Waals surface area (Å²) in [5, 5.41) is 7.04. The molecule has 7 heteroatoms. The molecule has 1 amide bonds. The average Bonchev–Trinajstić information content (AvgIpc) is 3.52. The van der Waals surface area contributed by atoms with Crippen LogP contribution in [0.2, 0.25) is 5.15 Å². The lowest BCUT2D eigenvalue weighted by Crippen LogP contribution is -2.18. The molecule has 2 N–H and O–H groups in total. The quantitative estimate of drug-likeness (QED) is 0.438. The minimum atomic E-state index is 0.132. The van der Waals surface area contributed by atoms with Gasteiger partial charge in [-0.15, -0.1) is 11.3 Å². The maximum absolute atomic E-state index is 11.9. The fourth-order valence-electron chi connectivity index (χ4n) is 2.86. The van der Waals surface area contributed by atoms with E-state index in [1.807, 2.05) is 42.5 Å². The highest BCUT2D eigenvalue weighted by Gasteiger charge is 2.29. The third-order valence-corrected chi connectivity index (χ3v) is 7.32. The molecule has 4 rings (SSSR count). The first-order chi connectivity index (χ1) is 14.1. The van der Waals surface area contributed by atoms with Crippen molar-refractivity contribution in [3.63, 3.8) is 0 Å². The van der Waals surface area contributed by atoms with Crippen molar-refractivity contribution in [1.29, 1.82) is 0 Å². The summed E-state index contributed by atoms with van der Waals surface area (Å²) in [6, 6.07) is 18.3. The molecule has 4 nitrogen and oxygen atoms in total. The standard InChI is InChI=1S/C22H22ClN3OS2/c1-14(15-9-11-17(12-10-15)25-21(27)16-7-8-16)24-13-19-20(23)26-22(29-19)28-18-5-3-2-4-6-18/h2-6,9-12,14,16,24H,7-8,13H2,1H3,(H,25,27). The van der Waals surface area contributed by atoms with Gasteiger partial charge in [-0.05, 0) is 49.6 Å². The van der Waals surface area contributed by atoms with Crippen molar-refractivity contribution < 1.29 is 4.79 Å². The van der Waals surface area contributed by atoms with Crippen LogP contribution in [0.25, 0.3) is 0 Å². The molecule has 1 atom stereocenters. The summed E-state index contributed by atoms with van der Waals surface area (Å²) in [7, 11) is 0. The monoisotopic (exact) mass is 443 g/mol. The van der Waals surface area contributed by atoms with E-state index in [-0.39, 0.29) is 17.9 Å². The van der Waals surface area contributed by atoms with Gasteiger partial charge < -0.3 is 10.6 Å². The molecule has 0 bridgehead atoms. The Balaban J connectivity index is 1.32. The van der Waals surface area contributed by atoms with Crippen molar-refractivity contribution in [3.8, 4) is 0 Å². The van der Waals surface area contributed by atoms with Crippen LogP contribution in [0, 0.1) is 5.92 Å². The van der Waals surface area contributed by atoms with E-state index in [9.17, 15) is 4.79 Å². The number of nitrogens with zero attached hydrogens (tertiary/aromatic N) is 1. The summed E-state index contributed by atoms with van der Waals surface area (Å²) in [5.74, 6) is 0.345. The van der Waals surface area contributed by atoms with E-state index in [2.05, 4.69) is 34.7 Å². The predicted molar refractivity (Wildman–Crippen MR) is 121 cm³/mol. The number of rotatable bonds is 8. The second-order valence-electron chi connectivity index (χ2n) is 7.10. The van der Waals surface area contributed by atoms with Crippen LogP contribution in [0.3, 0.4) is 0 Å². The highest BCUT2D eigenvalue weighted by atomic mass is 35.5. The first kappa shape index (κ1) is 20.4. The van der Waals surface area contributed by atoms with E-state index in [0.29, 0.717) is 11.7 Å². The van der Waals surface area contributed by atoms with Crippen LogP contribution >= 0.6 is 34.7 Å². The van der Waals surface area contributed by atoms with E-state index in [4.69, 9.17) is 11.6 Å². The molecule has 3 aromatic rings. The fourth-order valence-corrected chi connectivity index (χ4v) is 5.25. The van der Waals surface area contributed by atoms with Crippen molar-refractivity contribution in [2.24, 2.45) is 5.92 Å². The van der Waals surface area contributed by atoms with E-state index in [1.165, 1.54) is 0 Å². The van der Waals surface area contributed by atoms with Gasteiger partial charge in [0.2, 0.25) is 5.91 Å². The van der Waals surface area contributed by atoms with Gasteiger partial charge in [0.05, 0.1) is 4.88 Å². The lowest BCUT2D eigenvalue weighted by Gasteiger charge is -2.14. The van der Waals surface area contributed by atoms with Crippen molar-refractivity contribution in [2.75, 3.05) is 5.32 Å². The van der Waals surface area contributed by atoms with Crippen molar-refractivity contribution in [1.82, 2.24) is 10.3 Å². The largest absolute Gasteiger partial charge is 0.326 e. The van der Waals surface area contributed by atoms with Gasteiger partial charge in [-0.25, -0.2) is 4.98 Å². The van der Waals surface area contributed by atoms with Crippen LogP contribution in [-0.4, -0.2) is 10.9 Å². The summed E-state index contributed by atoms with van der Waals surface area (Å²) < 4.78 is 0.946. The fraction of sp³-hybridized carbons (Fsp3) is 0.273. The molecular formula is C22H22ClN3OS2. The number of carbonyl (C=O) groups is 1. The Morgan fingerprint density at radius 1 is 1.21 bits per heavy atom. The Bertz CT molecular complexity index is 971. The first-order valence-corrected chi connectivity index (χ1v) is 11.6. The van der Waals surface area contributed by atoms with Gasteiger partial charge in [-0.1, -0.05) is 53.7 Å². The molecule has 1 saturated carbocycles. The maximum atomic E-state index is 11.9. The number of anilines is 1. The lowest BCUT2D eigenvalue weighted by molar-refractivity contribution is -0.117. The molecule has 1 unspecified atom stereocenters. The summed E-state index contributed by atoms with van der Waals surface area (Å²) in [5.41, 5.74) is 2.01. The Morgan fingerprint density at radius 2 is 1.93 bits per heavy atom. The SMILES string of the molecule is CC(NCc1sc(Sc2ccccc2)nc1Cl)c1ccc(NC(=O)C2CC2)cc1.